The lowest BCUT2D eigenvalue weighted by Crippen LogP contribution is -2.37. The highest BCUT2D eigenvalue weighted by Crippen LogP contribution is 2.31. The molecule has 1 aromatic heterocycles. The molecule has 30 heavy (non-hydrogen) atoms. The van der Waals surface area contributed by atoms with Crippen LogP contribution in [-0.2, 0) is 16.1 Å². The minimum absolute atomic E-state index is 0.0456. The van der Waals surface area contributed by atoms with E-state index < -0.39 is 35.2 Å². The summed E-state index contributed by atoms with van der Waals surface area (Å²) in [6.07, 6.45) is 1.27. The van der Waals surface area contributed by atoms with E-state index in [1.165, 1.54) is 29.4 Å². The van der Waals surface area contributed by atoms with E-state index >= 15 is 0 Å². The molecular formula is C22H17F3N2O3. The van der Waals surface area contributed by atoms with Gasteiger partial charge in [0.15, 0.2) is 0 Å². The van der Waals surface area contributed by atoms with Gasteiger partial charge in [-0.2, -0.15) is 0 Å². The van der Waals surface area contributed by atoms with Gasteiger partial charge in [0, 0.05) is 19.0 Å². The number of hydrogen-bond acceptors (Lipinski definition) is 3. The van der Waals surface area contributed by atoms with E-state index in [0.717, 1.165) is 17.0 Å². The zero-order valence-electron chi connectivity index (χ0n) is 15.7. The summed E-state index contributed by atoms with van der Waals surface area (Å²) in [5.74, 6) is -3.64. The lowest BCUT2D eigenvalue weighted by molar-refractivity contribution is -0.124. The molecule has 1 aliphatic heterocycles. The van der Waals surface area contributed by atoms with Crippen LogP contribution in [0, 0.1) is 23.4 Å². The Kier molecular flexibility index (Phi) is 5.31. The second-order valence-corrected chi connectivity index (χ2v) is 6.96. The van der Waals surface area contributed by atoms with Gasteiger partial charge in [0.2, 0.25) is 11.8 Å². The van der Waals surface area contributed by atoms with Gasteiger partial charge in [0.05, 0.1) is 30.1 Å². The van der Waals surface area contributed by atoms with Crippen molar-refractivity contribution in [3.8, 4) is 0 Å². The number of amides is 2. The zero-order valence-corrected chi connectivity index (χ0v) is 15.7. The van der Waals surface area contributed by atoms with E-state index in [-0.39, 0.29) is 30.9 Å². The maximum atomic E-state index is 14.5. The first-order chi connectivity index (χ1) is 14.4. The highest BCUT2D eigenvalue weighted by atomic mass is 19.1. The van der Waals surface area contributed by atoms with E-state index in [4.69, 9.17) is 4.42 Å². The van der Waals surface area contributed by atoms with E-state index in [0.29, 0.717) is 11.8 Å². The fourth-order valence-corrected chi connectivity index (χ4v) is 3.54. The van der Waals surface area contributed by atoms with E-state index in [1.54, 1.807) is 18.2 Å². The predicted octanol–water partition coefficient (Wildman–Crippen LogP) is 4.28. The normalized spacial score (nSPS) is 16.2. The first-order valence-electron chi connectivity index (χ1n) is 9.27. The number of rotatable bonds is 5. The molecule has 8 heteroatoms. The molecule has 0 N–H and O–H groups in total. The van der Waals surface area contributed by atoms with Gasteiger partial charge in [-0.05, 0) is 36.4 Å². The van der Waals surface area contributed by atoms with E-state index in [9.17, 15) is 22.8 Å². The van der Waals surface area contributed by atoms with Gasteiger partial charge in [0.25, 0.3) is 0 Å². The average Bonchev–Trinajstić information content (AvgIpc) is 3.36. The maximum absolute atomic E-state index is 14.5. The summed E-state index contributed by atoms with van der Waals surface area (Å²) < 4.78 is 47.2. The summed E-state index contributed by atoms with van der Waals surface area (Å²) in [6.45, 7) is -0.144. The molecule has 4 rings (SSSR count). The summed E-state index contributed by atoms with van der Waals surface area (Å²) >= 11 is 0. The first kappa shape index (κ1) is 19.8. The van der Waals surface area contributed by atoms with E-state index in [1.807, 2.05) is 0 Å². The maximum Gasteiger partial charge on any atom is 0.232 e. The van der Waals surface area contributed by atoms with Gasteiger partial charge in [-0.3, -0.25) is 9.59 Å². The van der Waals surface area contributed by atoms with Crippen LogP contribution in [0.5, 0.6) is 0 Å². The number of furan rings is 1. The molecule has 0 saturated carbocycles. The Labute approximate surface area is 170 Å². The summed E-state index contributed by atoms with van der Waals surface area (Å²) in [7, 11) is 0. The molecule has 1 aliphatic rings. The Bertz CT molecular complexity index is 1080. The van der Waals surface area contributed by atoms with Crippen LogP contribution in [0.3, 0.4) is 0 Å². The Balaban J connectivity index is 1.63. The van der Waals surface area contributed by atoms with Crippen molar-refractivity contribution in [3.05, 3.63) is 84.1 Å². The molecule has 1 unspecified atom stereocenters. The molecule has 1 saturated heterocycles. The van der Waals surface area contributed by atoms with Crippen molar-refractivity contribution in [2.24, 2.45) is 5.92 Å². The van der Waals surface area contributed by atoms with Crippen LogP contribution in [0.25, 0.3) is 0 Å². The van der Waals surface area contributed by atoms with Crippen LogP contribution >= 0.6 is 0 Å². The molecule has 0 radical (unpaired) electrons. The summed E-state index contributed by atoms with van der Waals surface area (Å²) in [6, 6.07) is 11.9. The van der Waals surface area contributed by atoms with Crippen LogP contribution in [0.15, 0.2) is 65.3 Å². The Morgan fingerprint density at radius 2 is 1.87 bits per heavy atom. The van der Waals surface area contributed by atoms with Crippen molar-refractivity contribution in [2.45, 2.75) is 13.0 Å². The van der Waals surface area contributed by atoms with Crippen molar-refractivity contribution >= 4 is 23.2 Å². The van der Waals surface area contributed by atoms with Gasteiger partial charge in [-0.1, -0.05) is 12.1 Å². The second-order valence-electron chi connectivity index (χ2n) is 6.96. The van der Waals surface area contributed by atoms with Crippen LogP contribution in [0.1, 0.15) is 12.2 Å². The van der Waals surface area contributed by atoms with Crippen molar-refractivity contribution in [2.75, 3.05) is 16.3 Å². The molecular weight excluding hydrogens is 397 g/mol. The Morgan fingerprint density at radius 1 is 1.07 bits per heavy atom. The molecule has 2 heterocycles. The number of halogens is 3. The molecule has 0 spiro atoms. The predicted molar refractivity (Wildman–Crippen MR) is 103 cm³/mol. The quantitative estimate of drug-likeness (QED) is 0.626. The van der Waals surface area contributed by atoms with Crippen LogP contribution in [0.2, 0.25) is 0 Å². The van der Waals surface area contributed by atoms with Gasteiger partial charge in [-0.15, -0.1) is 0 Å². The van der Waals surface area contributed by atoms with Crippen molar-refractivity contribution < 1.29 is 27.2 Å². The fourth-order valence-electron chi connectivity index (χ4n) is 3.54. The molecule has 0 aliphatic carbocycles. The average molecular weight is 414 g/mol. The number of hydrogen-bond donors (Lipinski definition) is 0. The lowest BCUT2D eigenvalue weighted by atomic mass is 10.1. The van der Waals surface area contributed by atoms with Crippen LogP contribution in [0.4, 0.5) is 24.5 Å². The molecule has 154 valence electrons. The van der Waals surface area contributed by atoms with Gasteiger partial charge >= 0.3 is 0 Å². The van der Waals surface area contributed by atoms with Crippen molar-refractivity contribution in [3.63, 3.8) is 0 Å². The smallest absolute Gasteiger partial charge is 0.232 e. The zero-order chi connectivity index (χ0) is 21.3. The van der Waals surface area contributed by atoms with Gasteiger partial charge in [-0.25, -0.2) is 13.2 Å². The largest absolute Gasteiger partial charge is 0.467 e. The molecule has 1 atom stereocenters. The second kappa shape index (κ2) is 8.06. The number of nitrogens with zero attached hydrogens (tertiary/aromatic N) is 2. The third kappa shape index (κ3) is 3.80. The number of anilines is 2. The number of para-hydroxylation sites is 1. The molecule has 2 amide bonds. The third-order valence-electron chi connectivity index (χ3n) is 4.98. The summed E-state index contributed by atoms with van der Waals surface area (Å²) in [4.78, 5) is 28.1. The Hall–Kier alpha value is -3.55. The number of carbonyl (C=O) groups excluding carboxylic acids is 2. The van der Waals surface area contributed by atoms with Crippen LogP contribution < -0.4 is 9.80 Å². The molecule has 3 aromatic rings. The topological polar surface area (TPSA) is 53.8 Å². The standard InChI is InChI=1S/C22H17F3N2O3/c23-15-7-8-20(18(25)11-15)27(13-16-4-3-9-30-16)22(29)14-10-21(28)26(12-14)19-6-2-1-5-17(19)24/h1-9,11,14H,10,12-13H2. The monoisotopic (exact) mass is 414 g/mol. The fraction of sp³-hybridized carbons (Fsp3) is 0.182. The Morgan fingerprint density at radius 3 is 2.57 bits per heavy atom. The lowest BCUT2D eigenvalue weighted by Gasteiger charge is -2.25. The number of carbonyl (C=O) groups is 2. The van der Waals surface area contributed by atoms with Crippen LogP contribution in [-0.4, -0.2) is 18.4 Å². The molecule has 1 fully saturated rings. The van der Waals surface area contributed by atoms with Gasteiger partial charge < -0.3 is 14.2 Å². The SMILES string of the molecule is O=C1CC(C(=O)N(Cc2ccco2)c2ccc(F)cc2F)CN1c1ccccc1F. The summed E-state index contributed by atoms with van der Waals surface area (Å²) in [5, 5.41) is 0. The first-order valence-corrected chi connectivity index (χ1v) is 9.27. The molecule has 0 bridgehead atoms. The molecule has 2 aromatic carbocycles. The number of benzene rings is 2. The van der Waals surface area contributed by atoms with Crippen molar-refractivity contribution in [1.29, 1.82) is 0 Å². The highest BCUT2D eigenvalue weighted by molar-refractivity contribution is 6.04. The highest BCUT2D eigenvalue weighted by Gasteiger charge is 2.39. The minimum atomic E-state index is -0.912. The summed E-state index contributed by atoms with van der Waals surface area (Å²) in [5.41, 5.74) is -0.0436. The van der Waals surface area contributed by atoms with Crippen molar-refractivity contribution in [1.82, 2.24) is 0 Å². The van der Waals surface area contributed by atoms with E-state index in [2.05, 4.69) is 0 Å². The molecule has 5 nitrogen and oxygen atoms in total. The van der Waals surface area contributed by atoms with Gasteiger partial charge in [0.1, 0.15) is 23.2 Å². The minimum Gasteiger partial charge on any atom is -0.467 e. The third-order valence-corrected chi connectivity index (χ3v) is 4.98.